The van der Waals surface area contributed by atoms with Crippen molar-refractivity contribution in [2.45, 2.75) is 91.3 Å². The smallest absolute Gasteiger partial charge is 0.337 e. The van der Waals surface area contributed by atoms with Crippen LogP contribution in [-0.2, 0) is 16.0 Å². The minimum Gasteiger partial charge on any atom is -0.479 e. The first kappa shape index (κ1) is 28.4. The standard InChI is InChI=1S/C31H37FN4O3S/c1-18-25(27(29(37)38)39-30(2,3)4)26(20-11-13-31(5,6)14-12-20)36-24(34-18)16-23(35-36)28-33-17-22(40-28)15-19-7-9-21(32)10-8-19/h7-10,16-17,20,27H,11-15H2,1-6H3,(H,37,38)/t27-/m0/s1. The molecule has 7 nitrogen and oxygen atoms in total. The van der Waals surface area contributed by atoms with Gasteiger partial charge in [-0.15, -0.1) is 11.3 Å². The average molecular weight is 565 g/mol. The van der Waals surface area contributed by atoms with Crippen molar-refractivity contribution in [1.82, 2.24) is 19.6 Å². The first-order valence-electron chi connectivity index (χ1n) is 13.8. The zero-order chi connectivity index (χ0) is 28.8. The van der Waals surface area contributed by atoms with Gasteiger partial charge in [-0.3, -0.25) is 0 Å². The molecule has 3 aromatic heterocycles. The lowest BCUT2D eigenvalue weighted by Crippen LogP contribution is -2.31. The summed E-state index contributed by atoms with van der Waals surface area (Å²) in [5, 5.41) is 16.0. The van der Waals surface area contributed by atoms with Gasteiger partial charge in [0.05, 0.1) is 11.3 Å². The Morgan fingerprint density at radius 1 is 1.23 bits per heavy atom. The Labute approximate surface area is 238 Å². The molecule has 40 heavy (non-hydrogen) atoms. The van der Waals surface area contributed by atoms with Gasteiger partial charge in [0.15, 0.2) is 11.8 Å². The van der Waals surface area contributed by atoms with Crippen LogP contribution in [0.15, 0.2) is 36.5 Å². The lowest BCUT2D eigenvalue weighted by molar-refractivity contribution is -0.161. The fourth-order valence-electron chi connectivity index (χ4n) is 5.55. The highest BCUT2D eigenvalue weighted by Crippen LogP contribution is 2.45. The van der Waals surface area contributed by atoms with Crippen LogP contribution in [-0.4, -0.2) is 36.3 Å². The van der Waals surface area contributed by atoms with Gasteiger partial charge in [0, 0.05) is 40.7 Å². The SMILES string of the molecule is Cc1nc2cc(-c3ncc(Cc4ccc(F)cc4)s3)nn2c(C2CCC(C)(C)CC2)c1[C@H](OC(C)(C)C)C(=O)O. The molecule has 212 valence electrons. The second-order valence-electron chi connectivity index (χ2n) is 12.6. The zero-order valence-corrected chi connectivity index (χ0v) is 24.8. The predicted molar refractivity (Wildman–Crippen MR) is 154 cm³/mol. The van der Waals surface area contributed by atoms with E-state index in [2.05, 4.69) is 18.8 Å². The monoisotopic (exact) mass is 564 g/mol. The van der Waals surface area contributed by atoms with E-state index in [1.165, 1.54) is 12.1 Å². The van der Waals surface area contributed by atoms with E-state index in [-0.39, 0.29) is 17.2 Å². The molecule has 0 aliphatic heterocycles. The van der Waals surface area contributed by atoms with Crippen LogP contribution in [0.2, 0.25) is 0 Å². The van der Waals surface area contributed by atoms with Gasteiger partial charge in [0.2, 0.25) is 0 Å². The minimum absolute atomic E-state index is 0.135. The largest absolute Gasteiger partial charge is 0.479 e. The number of fused-ring (bicyclic) bond motifs is 1. The van der Waals surface area contributed by atoms with Crippen molar-refractivity contribution in [3.05, 3.63) is 69.7 Å². The number of halogens is 1. The van der Waals surface area contributed by atoms with E-state index in [1.807, 2.05) is 44.5 Å². The number of carboxylic acid groups (broad SMARTS) is 1. The maximum absolute atomic E-state index is 13.3. The Kier molecular flexibility index (Phi) is 7.56. The van der Waals surface area contributed by atoms with Crippen LogP contribution in [0.1, 0.15) is 99.7 Å². The van der Waals surface area contributed by atoms with E-state index in [0.717, 1.165) is 46.8 Å². The highest BCUT2D eigenvalue weighted by atomic mass is 32.1. The van der Waals surface area contributed by atoms with E-state index in [1.54, 1.807) is 23.5 Å². The number of rotatable bonds is 7. The molecule has 5 rings (SSSR count). The van der Waals surface area contributed by atoms with Crippen molar-refractivity contribution in [3.8, 4) is 10.7 Å². The van der Waals surface area contributed by atoms with Gasteiger partial charge in [-0.05, 0) is 76.5 Å². The summed E-state index contributed by atoms with van der Waals surface area (Å²) in [5.41, 5.74) is 4.10. The van der Waals surface area contributed by atoms with Gasteiger partial charge in [-0.2, -0.15) is 5.10 Å². The van der Waals surface area contributed by atoms with Crippen molar-refractivity contribution in [3.63, 3.8) is 0 Å². The lowest BCUT2D eigenvalue weighted by Gasteiger charge is -2.36. The number of aliphatic carboxylic acids is 1. The van der Waals surface area contributed by atoms with Crippen LogP contribution in [0.5, 0.6) is 0 Å². The Bertz CT molecular complexity index is 1520. The molecule has 0 saturated heterocycles. The first-order valence-corrected chi connectivity index (χ1v) is 14.6. The molecule has 1 aliphatic rings. The average Bonchev–Trinajstić information content (AvgIpc) is 3.50. The third-order valence-corrected chi connectivity index (χ3v) is 8.63. The Morgan fingerprint density at radius 2 is 1.90 bits per heavy atom. The van der Waals surface area contributed by atoms with Crippen LogP contribution in [0.3, 0.4) is 0 Å². The molecule has 0 spiro atoms. The number of aryl methyl sites for hydroxylation is 1. The van der Waals surface area contributed by atoms with E-state index in [4.69, 9.17) is 14.8 Å². The van der Waals surface area contributed by atoms with Crippen LogP contribution < -0.4 is 0 Å². The van der Waals surface area contributed by atoms with Crippen molar-refractivity contribution >= 4 is 23.0 Å². The third kappa shape index (κ3) is 6.10. The first-order chi connectivity index (χ1) is 18.8. The molecule has 1 aromatic carbocycles. The van der Waals surface area contributed by atoms with E-state index >= 15 is 0 Å². The number of aromatic nitrogens is 4. The quantitative estimate of drug-likeness (QED) is 0.250. The molecule has 1 atom stereocenters. The molecule has 3 heterocycles. The fourth-order valence-corrected chi connectivity index (χ4v) is 6.45. The molecular weight excluding hydrogens is 527 g/mol. The van der Waals surface area contributed by atoms with Gasteiger partial charge in [0.25, 0.3) is 0 Å². The highest BCUT2D eigenvalue weighted by Gasteiger charge is 2.37. The number of thiazole rings is 1. The second kappa shape index (κ2) is 10.7. The predicted octanol–water partition coefficient (Wildman–Crippen LogP) is 7.52. The number of nitrogens with zero attached hydrogens (tertiary/aromatic N) is 4. The summed E-state index contributed by atoms with van der Waals surface area (Å²) in [6, 6.07) is 8.42. The Morgan fingerprint density at radius 3 is 2.52 bits per heavy atom. The van der Waals surface area contributed by atoms with Crippen molar-refractivity contribution in [2.24, 2.45) is 5.41 Å². The minimum atomic E-state index is -1.16. The van der Waals surface area contributed by atoms with Crippen LogP contribution >= 0.6 is 11.3 Å². The van der Waals surface area contributed by atoms with Crippen LogP contribution in [0, 0.1) is 18.2 Å². The number of ether oxygens (including phenoxy) is 1. The summed E-state index contributed by atoms with van der Waals surface area (Å²) >= 11 is 1.54. The molecule has 1 fully saturated rings. The number of hydrogen-bond donors (Lipinski definition) is 1. The summed E-state index contributed by atoms with van der Waals surface area (Å²) in [7, 11) is 0. The van der Waals surface area contributed by atoms with Crippen molar-refractivity contribution in [2.75, 3.05) is 0 Å². The molecule has 9 heteroatoms. The maximum Gasteiger partial charge on any atom is 0.337 e. The van der Waals surface area contributed by atoms with Crippen LogP contribution in [0.25, 0.3) is 16.3 Å². The van der Waals surface area contributed by atoms with Gasteiger partial charge >= 0.3 is 5.97 Å². The summed E-state index contributed by atoms with van der Waals surface area (Å²) in [4.78, 5) is 23.1. The number of carbonyl (C=O) groups is 1. The molecule has 0 bridgehead atoms. The summed E-state index contributed by atoms with van der Waals surface area (Å²) in [6.07, 6.45) is 5.30. The van der Waals surface area contributed by atoms with Crippen molar-refractivity contribution < 1.29 is 19.0 Å². The Hall–Kier alpha value is -3.17. The van der Waals surface area contributed by atoms with E-state index < -0.39 is 17.7 Å². The fraction of sp³-hybridized carbons (Fsp3) is 0.484. The zero-order valence-electron chi connectivity index (χ0n) is 24.0. The topological polar surface area (TPSA) is 89.6 Å². The highest BCUT2D eigenvalue weighted by molar-refractivity contribution is 7.15. The lowest BCUT2D eigenvalue weighted by atomic mass is 9.71. The van der Waals surface area contributed by atoms with Crippen LogP contribution in [0.4, 0.5) is 4.39 Å². The van der Waals surface area contributed by atoms with Gasteiger partial charge in [-0.25, -0.2) is 23.7 Å². The summed E-state index contributed by atoms with van der Waals surface area (Å²) in [5.74, 6) is -1.15. The molecule has 0 unspecified atom stereocenters. The second-order valence-corrected chi connectivity index (χ2v) is 13.7. The Balaban J connectivity index is 1.59. The van der Waals surface area contributed by atoms with Crippen molar-refractivity contribution in [1.29, 1.82) is 0 Å². The number of hydrogen-bond acceptors (Lipinski definition) is 6. The van der Waals surface area contributed by atoms with E-state index in [0.29, 0.717) is 29.0 Å². The normalized spacial score (nSPS) is 16.9. The van der Waals surface area contributed by atoms with Gasteiger partial charge < -0.3 is 9.84 Å². The number of carboxylic acids is 1. The molecule has 1 saturated carbocycles. The molecule has 1 aliphatic carbocycles. The molecule has 0 amide bonds. The molecule has 0 radical (unpaired) electrons. The molecule has 1 N–H and O–H groups in total. The van der Waals surface area contributed by atoms with Gasteiger partial charge in [0.1, 0.15) is 16.5 Å². The number of benzene rings is 1. The molecular formula is C31H37FN4O3S. The maximum atomic E-state index is 13.3. The molecule has 4 aromatic rings. The van der Waals surface area contributed by atoms with Gasteiger partial charge in [-0.1, -0.05) is 26.0 Å². The third-order valence-electron chi connectivity index (χ3n) is 7.61. The van der Waals surface area contributed by atoms with E-state index in [9.17, 15) is 14.3 Å². The summed E-state index contributed by atoms with van der Waals surface area (Å²) in [6.45, 7) is 12.0. The summed E-state index contributed by atoms with van der Waals surface area (Å²) < 4.78 is 21.3.